The Bertz CT molecular complexity index is 1040. The van der Waals surface area contributed by atoms with Gasteiger partial charge in [-0.1, -0.05) is 6.07 Å². The molecule has 0 fully saturated rings. The molecule has 0 unspecified atom stereocenters. The van der Waals surface area contributed by atoms with Crippen LogP contribution >= 0.6 is 0 Å². The second kappa shape index (κ2) is 6.10. The normalized spacial score (nSPS) is 11.7. The molecule has 4 aromatic rings. The first-order valence-corrected chi connectivity index (χ1v) is 7.56. The summed E-state index contributed by atoms with van der Waals surface area (Å²) in [5.74, 6) is 0.0886. The molecule has 0 aliphatic heterocycles. The molecule has 0 bridgehead atoms. The first-order valence-electron chi connectivity index (χ1n) is 7.56. The van der Waals surface area contributed by atoms with E-state index in [1.807, 2.05) is 6.07 Å². The van der Waals surface area contributed by atoms with E-state index in [-0.39, 0.29) is 5.82 Å². The number of hydrogen-bond donors (Lipinski definition) is 0. The van der Waals surface area contributed by atoms with Gasteiger partial charge in [0.2, 0.25) is 0 Å². The van der Waals surface area contributed by atoms with Gasteiger partial charge in [-0.05, 0) is 30.3 Å². The van der Waals surface area contributed by atoms with E-state index in [0.717, 1.165) is 17.3 Å². The molecule has 0 aliphatic rings. The minimum Gasteiger partial charge on any atom is -0.262 e. The van der Waals surface area contributed by atoms with E-state index in [1.165, 1.54) is 16.8 Å². The Morgan fingerprint density at radius 3 is 2.58 bits per heavy atom. The van der Waals surface area contributed by atoms with Crippen LogP contribution in [0.2, 0.25) is 0 Å². The van der Waals surface area contributed by atoms with Crippen LogP contribution in [0.15, 0.2) is 67.4 Å². The Morgan fingerprint density at radius 2 is 1.81 bits per heavy atom. The zero-order valence-electron chi connectivity index (χ0n) is 13.2. The average Bonchev–Trinajstić information content (AvgIpc) is 3.31. The number of rotatable bonds is 3. The van der Waals surface area contributed by atoms with Gasteiger partial charge in [-0.25, -0.2) is 14.3 Å². The highest BCUT2D eigenvalue weighted by Gasteiger charge is 2.32. The Labute approximate surface area is 145 Å². The fourth-order valence-corrected chi connectivity index (χ4v) is 2.40. The Kier molecular flexibility index (Phi) is 3.76. The summed E-state index contributed by atoms with van der Waals surface area (Å²) in [6.07, 6.45) is 3.78. The van der Waals surface area contributed by atoms with E-state index in [9.17, 15) is 13.2 Å². The molecule has 6 nitrogen and oxygen atoms in total. The molecule has 0 aliphatic carbocycles. The predicted octanol–water partition coefficient (Wildman–Crippen LogP) is 3.53. The van der Waals surface area contributed by atoms with Crippen molar-refractivity contribution in [1.82, 2.24) is 29.5 Å². The van der Waals surface area contributed by atoms with Crippen molar-refractivity contribution in [3.8, 4) is 22.8 Å². The van der Waals surface area contributed by atoms with E-state index in [1.54, 1.807) is 47.8 Å². The lowest BCUT2D eigenvalue weighted by Gasteiger charge is -2.07. The summed E-state index contributed by atoms with van der Waals surface area (Å²) >= 11 is 0. The molecule has 0 amide bonds. The van der Waals surface area contributed by atoms with Crippen LogP contribution in [0.3, 0.4) is 0 Å². The second-order valence-corrected chi connectivity index (χ2v) is 5.41. The molecule has 4 rings (SSSR count). The van der Waals surface area contributed by atoms with Gasteiger partial charge in [0.25, 0.3) is 0 Å². The van der Waals surface area contributed by atoms with Crippen LogP contribution in [0.25, 0.3) is 22.8 Å². The van der Waals surface area contributed by atoms with Gasteiger partial charge in [0.05, 0.1) is 23.8 Å². The number of nitrogens with zero attached hydrogens (tertiary/aromatic N) is 6. The molecule has 0 radical (unpaired) electrons. The molecule has 0 saturated heterocycles. The highest BCUT2D eigenvalue weighted by molar-refractivity contribution is 5.57. The highest BCUT2D eigenvalue weighted by atomic mass is 19.4. The summed E-state index contributed by atoms with van der Waals surface area (Å²) in [7, 11) is 0. The Morgan fingerprint density at radius 1 is 0.923 bits per heavy atom. The van der Waals surface area contributed by atoms with Crippen LogP contribution in [0, 0.1) is 0 Å². The Balaban J connectivity index is 1.64. The molecular formula is C17H11F3N6. The number of halogens is 3. The maximum absolute atomic E-state index is 12.8. The SMILES string of the molecule is FC(F)(F)c1cccc(-n2ccc(-c3cnn(-c4cccnc4)c3)n2)n1. The molecular weight excluding hydrogens is 345 g/mol. The van der Waals surface area contributed by atoms with Crippen LogP contribution in [0.4, 0.5) is 13.2 Å². The smallest absolute Gasteiger partial charge is 0.262 e. The molecule has 0 saturated carbocycles. The quantitative estimate of drug-likeness (QED) is 0.563. The van der Waals surface area contributed by atoms with Gasteiger partial charge in [0.1, 0.15) is 5.69 Å². The van der Waals surface area contributed by atoms with Crippen molar-refractivity contribution in [2.24, 2.45) is 0 Å². The zero-order valence-corrected chi connectivity index (χ0v) is 13.2. The largest absolute Gasteiger partial charge is 0.433 e. The van der Waals surface area contributed by atoms with E-state index in [2.05, 4.69) is 20.2 Å². The molecule has 0 aromatic carbocycles. The lowest BCUT2D eigenvalue weighted by molar-refractivity contribution is -0.141. The minimum atomic E-state index is -4.50. The van der Waals surface area contributed by atoms with Gasteiger partial charge in [0, 0.05) is 24.2 Å². The summed E-state index contributed by atoms with van der Waals surface area (Å²) in [5, 5.41) is 8.55. The average molecular weight is 356 g/mol. The summed E-state index contributed by atoms with van der Waals surface area (Å²) in [5.41, 5.74) is 1.12. The number of pyridine rings is 2. The molecule has 4 heterocycles. The van der Waals surface area contributed by atoms with Crippen molar-refractivity contribution in [3.63, 3.8) is 0 Å². The first kappa shape index (κ1) is 16.0. The van der Waals surface area contributed by atoms with Crippen molar-refractivity contribution in [2.75, 3.05) is 0 Å². The van der Waals surface area contributed by atoms with Crippen LogP contribution < -0.4 is 0 Å². The predicted molar refractivity (Wildman–Crippen MR) is 86.7 cm³/mol. The first-order chi connectivity index (χ1) is 12.5. The van der Waals surface area contributed by atoms with Crippen molar-refractivity contribution >= 4 is 0 Å². The third-order valence-electron chi connectivity index (χ3n) is 3.64. The lowest BCUT2D eigenvalue weighted by atomic mass is 10.3. The summed E-state index contributed by atoms with van der Waals surface area (Å²) in [6, 6.07) is 9.02. The van der Waals surface area contributed by atoms with Crippen LogP contribution in [-0.4, -0.2) is 29.5 Å². The van der Waals surface area contributed by atoms with Crippen molar-refractivity contribution in [2.45, 2.75) is 6.18 Å². The molecule has 130 valence electrons. The van der Waals surface area contributed by atoms with E-state index >= 15 is 0 Å². The molecule has 26 heavy (non-hydrogen) atoms. The second-order valence-electron chi connectivity index (χ2n) is 5.41. The van der Waals surface area contributed by atoms with Gasteiger partial charge in [-0.2, -0.15) is 23.4 Å². The summed E-state index contributed by atoms with van der Waals surface area (Å²) in [6.45, 7) is 0. The van der Waals surface area contributed by atoms with Crippen molar-refractivity contribution in [1.29, 1.82) is 0 Å². The third-order valence-corrected chi connectivity index (χ3v) is 3.64. The van der Waals surface area contributed by atoms with Crippen molar-refractivity contribution < 1.29 is 13.2 Å². The van der Waals surface area contributed by atoms with E-state index in [0.29, 0.717) is 5.69 Å². The van der Waals surface area contributed by atoms with Crippen LogP contribution in [0.5, 0.6) is 0 Å². The summed E-state index contributed by atoms with van der Waals surface area (Å²) in [4.78, 5) is 7.65. The molecule has 0 atom stereocenters. The van der Waals surface area contributed by atoms with E-state index < -0.39 is 11.9 Å². The van der Waals surface area contributed by atoms with Gasteiger partial charge >= 0.3 is 6.18 Å². The highest BCUT2D eigenvalue weighted by Crippen LogP contribution is 2.28. The van der Waals surface area contributed by atoms with E-state index in [4.69, 9.17) is 0 Å². The fraction of sp³-hybridized carbons (Fsp3) is 0.0588. The standard InChI is InChI=1S/C17H11F3N6/c18-17(19,20)15-4-1-5-16(23-15)25-8-6-14(24-25)12-9-22-26(11-12)13-3-2-7-21-10-13/h1-11H. The van der Waals surface area contributed by atoms with Crippen LogP contribution in [-0.2, 0) is 6.18 Å². The van der Waals surface area contributed by atoms with Gasteiger partial charge in [0.15, 0.2) is 5.82 Å². The maximum atomic E-state index is 12.8. The monoisotopic (exact) mass is 356 g/mol. The number of hydrogen-bond acceptors (Lipinski definition) is 4. The maximum Gasteiger partial charge on any atom is 0.433 e. The molecule has 9 heteroatoms. The van der Waals surface area contributed by atoms with Crippen molar-refractivity contribution in [3.05, 3.63) is 73.1 Å². The molecule has 0 spiro atoms. The zero-order chi connectivity index (χ0) is 18.1. The minimum absolute atomic E-state index is 0.0886. The van der Waals surface area contributed by atoms with Gasteiger partial charge < -0.3 is 0 Å². The summed E-state index contributed by atoms with van der Waals surface area (Å²) < 4.78 is 41.4. The Hall–Kier alpha value is -3.49. The topological polar surface area (TPSA) is 61.4 Å². The third kappa shape index (κ3) is 3.06. The van der Waals surface area contributed by atoms with Gasteiger partial charge in [-0.3, -0.25) is 4.98 Å². The lowest BCUT2D eigenvalue weighted by Crippen LogP contribution is -2.10. The number of alkyl halides is 3. The van der Waals surface area contributed by atoms with Crippen LogP contribution in [0.1, 0.15) is 5.69 Å². The van der Waals surface area contributed by atoms with Gasteiger partial charge in [-0.15, -0.1) is 0 Å². The molecule has 4 aromatic heterocycles. The fourth-order valence-electron chi connectivity index (χ4n) is 2.40. The number of aromatic nitrogens is 6. The molecule has 0 N–H and O–H groups in total.